The summed E-state index contributed by atoms with van der Waals surface area (Å²) in [7, 11) is 0. The smallest absolute Gasteiger partial charge is 0.224 e. The number of rotatable bonds is 4. The molecule has 19 heavy (non-hydrogen) atoms. The molecule has 0 unspecified atom stereocenters. The van der Waals surface area contributed by atoms with Crippen LogP contribution in [-0.4, -0.2) is 16.5 Å². The van der Waals surface area contributed by atoms with E-state index in [0.717, 1.165) is 6.54 Å². The summed E-state index contributed by atoms with van der Waals surface area (Å²) < 4.78 is 6.31. The Kier molecular flexibility index (Phi) is 4.85. The molecule has 0 spiro atoms. The first-order valence-corrected chi connectivity index (χ1v) is 7.03. The fourth-order valence-corrected chi connectivity index (χ4v) is 2.20. The first-order valence-electron chi connectivity index (χ1n) is 5.48. The minimum Gasteiger partial charge on any atom is -0.437 e. The Balaban J connectivity index is 2.25. The van der Waals surface area contributed by atoms with E-state index in [4.69, 9.17) is 27.9 Å². The lowest BCUT2D eigenvalue weighted by molar-refractivity contribution is 0.462. The van der Waals surface area contributed by atoms with Gasteiger partial charge in [-0.25, -0.2) is 9.97 Å². The van der Waals surface area contributed by atoms with Gasteiger partial charge in [0.1, 0.15) is 17.9 Å². The van der Waals surface area contributed by atoms with E-state index in [-0.39, 0.29) is 0 Å². The van der Waals surface area contributed by atoms with Crippen molar-refractivity contribution in [1.82, 2.24) is 9.97 Å². The van der Waals surface area contributed by atoms with Crippen molar-refractivity contribution < 1.29 is 4.74 Å². The van der Waals surface area contributed by atoms with E-state index in [0.29, 0.717) is 32.0 Å². The van der Waals surface area contributed by atoms with E-state index in [1.807, 2.05) is 6.92 Å². The van der Waals surface area contributed by atoms with Gasteiger partial charge in [-0.2, -0.15) is 0 Å². The third-order valence-corrected chi connectivity index (χ3v) is 3.68. The summed E-state index contributed by atoms with van der Waals surface area (Å²) >= 11 is 15.4. The van der Waals surface area contributed by atoms with Crippen LogP contribution in [-0.2, 0) is 0 Å². The Morgan fingerprint density at radius 1 is 1.21 bits per heavy atom. The molecule has 0 radical (unpaired) electrons. The molecule has 1 aromatic carbocycles. The van der Waals surface area contributed by atoms with Gasteiger partial charge in [0.05, 0.1) is 10.0 Å². The Labute approximate surface area is 129 Å². The summed E-state index contributed by atoms with van der Waals surface area (Å²) in [4.78, 5) is 8.08. The fourth-order valence-electron chi connectivity index (χ4n) is 1.37. The number of anilines is 1. The molecule has 0 atom stereocenters. The van der Waals surface area contributed by atoms with Gasteiger partial charge in [0.15, 0.2) is 0 Å². The van der Waals surface area contributed by atoms with Crippen molar-refractivity contribution in [2.45, 2.75) is 6.92 Å². The van der Waals surface area contributed by atoms with Gasteiger partial charge in [0.25, 0.3) is 0 Å². The minimum atomic E-state index is 0.395. The molecule has 0 fully saturated rings. The molecule has 1 N–H and O–H groups in total. The number of hydrogen-bond donors (Lipinski definition) is 1. The summed E-state index contributed by atoms with van der Waals surface area (Å²) in [5, 5.41) is 4.03. The first-order chi connectivity index (χ1) is 9.10. The monoisotopic (exact) mass is 361 g/mol. The molecule has 100 valence electrons. The predicted octanol–water partition coefficient (Wildman–Crippen LogP) is 4.77. The Morgan fingerprint density at radius 2 is 2.00 bits per heavy atom. The van der Waals surface area contributed by atoms with Crippen LogP contribution in [0.15, 0.2) is 29.0 Å². The lowest BCUT2D eigenvalue weighted by Gasteiger charge is -2.09. The molecule has 0 bridgehead atoms. The normalized spacial score (nSPS) is 10.3. The summed E-state index contributed by atoms with van der Waals surface area (Å²) in [6, 6.07) is 4.99. The van der Waals surface area contributed by atoms with Crippen LogP contribution >= 0.6 is 39.1 Å². The van der Waals surface area contributed by atoms with E-state index in [1.165, 1.54) is 6.33 Å². The summed E-state index contributed by atoms with van der Waals surface area (Å²) in [6.45, 7) is 2.75. The highest BCUT2D eigenvalue weighted by molar-refractivity contribution is 9.10. The van der Waals surface area contributed by atoms with Gasteiger partial charge in [-0.15, -0.1) is 0 Å². The topological polar surface area (TPSA) is 47.0 Å². The maximum atomic E-state index is 6.08. The molecule has 4 nitrogen and oxygen atoms in total. The van der Waals surface area contributed by atoms with Gasteiger partial charge in [-0.1, -0.05) is 23.2 Å². The lowest BCUT2D eigenvalue weighted by atomic mass is 10.3. The van der Waals surface area contributed by atoms with Crippen molar-refractivity contribution in [1.29, 1.82) is 0 Å². The average Bonchev–Trinajstić information content (AvgIpc) is 2.37. The van der Waals surface area contributed by atoms with Crippen LogP contribution in [0, 0.1) is 0 Å². The van der Waals surface area contributed by atoms with Crippen LogP contribution in [0.4, 0.5) is 5.82 Å². The Bertz CT molecular complexity index is 595. The largest absolute Gasteiger partial charge is 0.437 e. The summed E-state index contributed by atoms with van der Waals surface area (Å²) in [6.07, 6.45) is 1.42. The SMILES string of the molecule is CCNc1cc(Oc2cc(Cl)c(Br)cc2Cl)ncn1. The summed E-state index contributed by atoms with van der Waals surface area (Å²) in [5.41, 5.74) is 0. The molecule has 0 saturated heterocycles. The van der Waals surface area contributed by atoms with Gasteiger partial charge >= 0.3 is 0 Å². The van der Waals surface area contributed by atoms with Crippen molar-refractivity contribution >= 4 is 44.9 Å². The predicted molar refractivity (Wildman–Crippen MR) is 80.4 cm³/mol. The fraction of sp³-hybridized carbons (Fsp3) is 0.167. The van der Waals surface area contributed by atoms with E-state index in [1.54, 1.807) is 18.2 Å². The van der Waals surface area contributed by atoms with Crippen LogP contribution < -0.4 is 10.1 Å². The molecule has 0 amide bonds. The molecule has 2 rings (SSSR count). The molecule has 1 heterocycles. The molecule has 1 aromatic heterocycles. The molecule has 0 aliphatic heterocycles. The third-order valence-electron chi connectivity index (χ3n) is 2.19. The van der Waals surface area contributed by atoms with Gasteiger partial charge in [-0.05, 0) is 28.9 Å². The van der Waals surface area contributed by atoms with Crippen LogP contribution in [0.5, 0.6) is 11.6 Å². The van der Waals surface area contributed by atoms with E-state index < -0.39 is 0 Å². The van der Waals surface area contributed by atoms with E-state index in [2.05, 4.69) is 31.2 Å². The highest BCUT2D eigenvalue weighted by atomic mass is 79.9. The van der Waals surface area contributed by atoms with Crippen molar-refractivity contribution in [3.63, 3.8) is 0 Å². The molecule has 0 aliphatic rings. The molecular weight excluding hydrogens is 353 g/mol. The third kappa shape index (κ3) is 3.72. The zero-order valence-electron chi connectivity index (χ0n) is 9.95. The Hall–Kier alpha value is -1.04. The van der Waals surface area contributed by atoms with Gasteiger partial charge in [-0.3, -0.25) is 0 Å². The average molecular weight is 363 g/mol. The van der Waals surface area contributed by atoms with Crippen LogP contribution in [0.1, 0.15) is 6.92 Å². The van der Waals surface area contributed by atoms with Crippen LogP contribution in [0.25, 0.3) is 0 Å². The lowest BCUT2D eigenvalue weighted by Crippen LogP contribution is -2.00. The number of halogens is 3. The van der Waals surface area contributed by atoms with Crippen molar-refractivity contribution in [2.24, 2.45) is 0 Å². The zero-order chi connectivity index (χ0) is 13.8. The number of benzene rings is 1. The second kappa shape index (κ2) is 6.41. The molecule has 0 aliphatic carbocycles. The number of nitrogens with one attached hydrogen (secondary N) is 1. The van der Waals surface area contributed by atoms with Crippen molar-refractivity contribution in [3.05, 3.63) is 39.0 Å². The van der Waals surface area contributed by atoms with Crippen LogP contribution in [0.2, 0.25) is 10.0 Å². The summed E-state index contributed by atoms with van der Waals surface area (Å²) in [5.74, 6) is 1.52. The first kappa shape index (κ1) is 14.4. The second-order valence-electron chi connectivity index (χ2n) is 3.57. The molecule has 7 heteroatoms. The van der Waals surface area contributed by atoms with Gasteiger partial charge in [0, 0.05) is 23.2 Å². The maximum Gasteiger partial charge on any atom is 0.224 e. The number of aromatic nitrogens is 2. The van der Waals surface area contributed by atoms with E-state index in [9.17, 15) is 0 Å². The van der Waals surface area contributed by atoms with Crippen LogP contribution in [0.3, 0.4) is 0 Å². The minimum absolute atomic E-state index is 0.395. The second-order valence-corrected chi connectivity index (χ2v) is 5.24. The maximum absolute atomic E-state index is 6.08. The standard InChI is InChI=1S/C12H10BrCl2N3O/c1-2-16-11-5-12(18-6-17-11)19-10-4-8(14)7(13)3-9(10)15/h3-6H,2H2,1H3,(H,16,17,18). The highest BCUT2D eigenvalue weighted by Gasteiger charge is 2.09. The highest BCUT2D eigenvalue weighted by Crippen LogP contribution is 2.36. The van der Waals surface area contributed by atoms with E-state index >= 15 is 0 Å². The Morgan fingerprint density at radius 3 is 2.74 bits per heavy atom. The number of hydrogen-bond acceptors (Lipinski definition) is 4. The quantitative estimate of drug-likeness (QED) is 0.795. The zero-order valence-corrected chi connectivity index (χ0v) is 13.1. The molecule has 0 saturated carbocycles. The van der Waals surface area contributed by atoms with Crippen molar-refractivity contribution in [3.8, 4) is 11.6 Å². The van der Waals surface area contributed by atoms with Gasteiger partial charge < -0.3 is 10.1 Å². The van der Waals surface area contributed by atoms with Crippen molar-refractivity contribution in [2.75, 3.05) is 11.9 Å². The molecular formula is C12H10BrCl2N3O. The van der Waals surface area contributed by atoms with Gasteiger partial charge in [0.2, 0.25) is 5.88 Å². The number of ether oxygens (including phenoxy) is 1. The number of nitrogens with zero attached hydrogens (tertiary/aromatic N) is 2. The molecule has 2 aromatic rings.